The highest BCUT2D eigenvalue weighted by Crippen LogP contribution is 2.29. The molecule has 124 valence electrons. The summed E-state index contributed by atoms with van der Waals surface area (Å²) in [4.78, 5) is 23.1. The van der Waals surface area contributed by atoms with Crippen molar-refractivity contribution in [2.75, 3.05) is 13.7 Å². The topological polar surface area (TPSA) is 64.6 Å². The van der Waals surface area contributed by atoms with Crippen LogP contribution in [0.5, 0.6) is 11.5 Å². The predicted molar refractivity (Wildman–Crippen MR) is 87.7 cm³/mol. The van der Waals surface area contributed by atoms with E-state index in [2.05, 4.69) is 12.2 Å². The molecule has 0 saturated carbocycles. The summed E-state index contributed by atoms with van der Waals surface area (Å²) < 4.78 is 11.0. The number of carbonyl (C=O) groups excluding carboxylic acids is 2. The summed E-state index contributed by atoms with van der Waals surface area (Å²) in [5.41, 5.74) is 1.31. The van der Waals surface area contributed by atoms with Crippen molar-refractivity contribution in [3.63, 3.8) is 0 Å². The zero-order valence-corrected chi connectivity index (χ0v) is 13.6. The molecule has 1 atom stereocenters. The molecule has 1 aliphatic rings. The summed E-state index contributed by atoms with van der Waals surface area (Å²) in [6, 6.07) is 5.12. The van der Waals surface area contributed by atoms with E-state index in [9.17, 15) is 9.59 Å². The van der Waals surface area contributed by atoms with Gasteiger partial charge in [-0.15, -0.1) is 0 Å². The van der Waals surface area contributed by atoms with Crippen molar-refractivity contribution < 1.29 is 19.1 Å². The van der Waals surface area contributed by atoms with Crippen LogP contribution in [0.15, 0.2) is 30.0 Å². The lowest BCUT2D eigenvalue weighted by atomic mass is 10.1. The summed E-state index contributed by atoms with van der Waals surface area (Å²) in [5.74, 6) is 0.887. The smallest absolute Gasteiger partial charge is 0.255 e. The Kier molecular flexibility index (Phi) is 6.20. The van der Waals surface area contributed by atoms with E-state index in [1.54, 1.807) is 25.3 Å². The number of amides is 1. The third-order valence-electron chi connectivity index (χ3n) is 3.79. The minimum absolute atomic E-state index is 0.0888. The molecule has 1 unspecified atom stereocenters. The van der Waals surface area contributed by atoms with E-state index in [-0.39, 0.29) is 11.8 Å². The first kappa shape index (κ1) is 17.1. The molecule has 1 aromatic carbocycles. The number of methoxy groups -OCH3 is 1. The number of rotatable bonds is 8. The fourth-order valence-electron chi connectivity index (χ4n) is 2.43. The van der Waals surface area contributed by atoms with E-state index in [4.69, 9.17) is 9.47 Å². The summed E-state index contributed by atoms with van der Waals surface area (Å²) in [7, 11) is 1.57. The van der Waals surface area contributed by atoms with Gasteiger partial charge in [0.15, 0.2) is 11.5 Å². The van der Waals surface area contributed by atoms with Crippen molar-refractivity contribution in [3.8, 4) is 11.5 Å². The highest BCUT2D eigenvalue weighted by molar-refractivity contribution is 5.96. The molecule has 2 rings (SSSR count). The lowest BCUT2D eigenvalue weighted by Gasteiger charge is -2.12. The predicted octanol–water partition coefficient (Wildman–Crippen LogP) is 3.10. The molecule has 0 spiro atoms. The molecule has 5 nitrogen and oxygen atoms in total. The molecule has 1 N–H and O–H groups in total. The van der Waals surface area contributed by atoms with Crippen molar-refractivity contribution in [1.82, 2.24) is 5.32 Å². The molecule has 0 aromatic heterocycles. The Bertz CT molecular complexity index is 595. The second-order valence-corrected chi connectivity index (χ2v) is 5.55. The van der Waals surface area contributed by atoms with Gasteiger partial charge in [-0.05, 0) is 37.5 Å². The Labute approximate surface area is 136 Å². The van der Waals surface area contributed by atoms with Gasteiger partial charge in [-0.25, -0.2) is 0 Å². The first-order valence-electron chi connectivity index (χ1n) is 7.96. The molecule has 0 aliphatic heterocycles. The minimum atomic E-state index is -0.203. The van der Waals surface area contributed by atoms with Crippen LogP contribution < -0.4 is 14.8 Å². The van der Waals surface area contributed by atoms with Crippen LogP contribution in [-0.2, 0) is 4.79 Å². The van der Waals surface area contributed by atoms with Gasteiger partial charge in [-0.3, -0.25) is 4.79 Å². The van der Waals surface area contributed by atoms with Crippen molar-refractivity contribution >= 4 is 12.2 Å². The van der Waals surface area contributed by atoms with Gasteiger partial charge < -0.3 is 19.6 Å². The minimum Gasteiger partial charge on any atom is -0.493 e. The highest BCUT2D eigenvalue weighted by atomic mass is 16.5. The first-order valence-corrected chi connectivity index (χ1v) is 7.96. The largest absolute Gasteiger partial charge is 0.493 e. The molecule has 0 bridgehead atoms. The van der Waals surface area contributed by atoms with Gasteiger partial charge in [0.2, 0.25) is 0 Å². The van der Waals surface area contributed by atoms with Gasteiger partial charge in [0, 0.05) is 17.2 Å². The van der Waals surface area contributed by atoms with Gasteiger partial charge >= 0.3 is 0 Å². The Morgan fingerprint density at radius 1 is 1.39 bits per heavy atom. The summed E-state index contributed by atoms with van der Waals surface area (Å²) in [6.07, 6.45) is 6.17. The van der Waals surface area contributed by atoms with Crippen LogP contribution in [0.3, 0.4) is 0 Å². The van der Waals surface area contributed by atoms with Crippen molar-refractivity contribution in [2.24, 2.45) is 5.92 Å². The summed E-state index contributed by atoms with van der Waals surface area (Å²) in [6.45, 7) is 2.68. The van der Waals surface area contributed by atoms with Crippen LogP contribution in [0, 0.1) is 5.92 Å². The molecule has 0 radical (unpaired) electrons. The van der Waals surface area contributed by atoms with Crippen LogP contribution in [0.2, 0.25) is 0 Å². The Morgan fingerprint density at radius 3 is 2.87 bits per heavy atom. The molecule has 0 fully saturated rings. The maximum atomic E-state index is 12.3. The number of allylic oxidation sites excluding steroid dienone is 2. The van der Waals surface area contributed by atoms with Gasteiger partial charge in [0.1, 0.15) is 6.29 Å². The SMILES string of the molecule is CCCCOc1cc(C(=O)NC2=CC(C=O)CC2)ccc1OC. The maximum absolute atomic E-state index is 12.3. The number of hydrogen-bond donors (Lipinski definition) is 1. The second kappa shape index (κ2) is 8.36. The van der Waals surface area contributed by atoms with E-state index >= 15 is 0 Å². The number of benzene rings is 1. The molecule has 1 aliphatic carbocycles. The molecule has 0 heterocycles. The fraction of sp³-hybridized carbons (Fsp3) is 0.444. The van der Waals surface area contributed by atoms with E-state index in [0.29, 0.717) is 30.1 Å². The third-order valence-corrected chi connectivity index (χ3v) is 3.79. The van der Waals surface area contributed by atoms with Crippen LogP contribution in [0.1, 0.15) is 43.0 Å². The van der Waals surface area contributed by atoms with Crippen LogP contribution in [0.4, 0.5) is 0 Å². The standard InChI is InChI=1S/C18H23NO4/c1-3-4-9-23-17-11-14(6-8-16(17)22-2)18(21)19-15-7-5-13(10-15)12-20/h6,8,10-13H,3-5,7,9H2,1-2H3,(H,19,21). The Morgan fingerprint density at radius 2 is 2.22 bits per heavy atom. The molecule has 1 aromatic rings. The molecular weight excluding hydrogens is 294 g/mol. The van der Waals surface area contributed by atoms with E-state index in [1.807, 2.05) is 6.08 Å². The molecule has 0 saturated heterocycles. The van der Waals surface area contributed by atoms with Gasteiger partial charge in [0.25, 0.3) is 5.91 Å². The first-order chi connectivity index (χ1) is 11.2. The number of hydrogen-bond acceptors (Lipinski definition) is 4. The summed E-state index contributed by atoms with van der Waals surface area (Å²) in [5, 5.41) is 2.86. The average Bonchev–Trinajstić information content (AvgIpc) is 3.02. The number of carbonyl (C=O) groups is 2. The van der Waals surface area contributed by atoms with Crippen molar-refractivity contribution in [3.05, 3.63) is 35.5 Å². The lowest BCUT2D eigenvalue weighted by molar-refractivity contribution is -0.109. The maximum Gasteiger partial charge on any atom is 0.255 e. The summed E-state index contributed by atoms with van der Waals surface area (Å²) >= 11 is 0. The molecule has 5 heteroatoms. The Hall–Kier alpha value is -2.30. The average molecular weight is 317 g/mol. The quantitative estimate of drug-likeness (QED) is 0.591. The van der Waals surface area contributed by atoms with Crippen molar-refractivity contribution in [2.45, 2.75) is 32.6 Å². The van der Waals surface area contributed by atoms with Crippen LogP contribution in [-0.4, -0.2) is 25.9 Å². The van der Waals surface area contributed by atoms with Gasteiger partial charge in [-0.2, -0.15) is 0 Å². The monoisotopic (exact) mass is 317 g/mol. The normalized spacial score (nSPS) is 16.6. The number of nitrogens with one attached hydrogen (secondary N) is 1. The molecule has 1 amide bonds. The van der Waals surface area contributed by atoms with Crippen molar-refractivity contribution in [1.29, 1.82) is 0 Å². The third kappa shape index (κ3) is 4.58. The molecular formula is C18H23NO4. The van der Waals surface area contributed by atoms with E-state index in [0.717, 1.165) is 31.2 Å². The number of aldehydes is 1. The van der Waals surface area contributed by atoms with Crippen LogP contribution in [0.25, 0.3) is 0 Å². The van der Waals surface area contributed by atoms with E-state index < -0.39 is 0 Å². The Balaban J connectivity index is 2.07. The fourth-order valence-corrected chi connectivity index (χ4v) is 2.43. The number of ether oxygens (including phenoxy) is 2. The van der Waals surface area contributed by atoms with Crippen LogP contribution >= 0.6 is 0 Å². The van der Waals surface area contributed by atoms with E-state index in [1.165, 1.54) is 0 Å². The molecule has 23 heavy (non-hydrogen) atoms. The highest BCUT2D eigenvalue weighted by Gasteiger charge is 2.18. The van der Waals surface area contributed by atoms with Gasteiger partial charge in [-0.1, -0.05) is 19.4 Å². The lowest BCUT2D eigenvalue weighted by Crippen LogP contribution is -2.22. The number of unbranched alkanes of at least 4 members (excludes halogenated alkanes) is 1. The second-order valence-electron chi connectivity index (χ2n) is 5.55. The zero-order valence-electron chi connectivity index (χ0n) is 13.6. The van der Waals surface area contributed by atoms with Gasteiger partial charge in [0.05, 0.1) is 13.7 Å². The zero-order chi connectivity index (χ0) is 16.7.